The summed E-state index contributed by atoms with van der Waals surface area (Å²) in [6.07, 6.45) is 0.346. The Balaban J connectivity index is 2.07. The minimum absolute atomic E-state index is 0.346. The molecule has 1 saturated heterocycles. The fraction of sp³-hybridized carbons (Fsp3) is 0.471. The smallest absolute Gasteiger partial charge is 0.320 e. The second-order valence-electron chi connectivity index (χ2n) is 6.32. The maximum Gasteiger partial charge on any atom is 0.320 e. The molecule has 0 radical (unpaired) electrons. The first-order valence-corrected chi connectivity index (χ1v) is 7.97. The lowest BCUT2D eigenvalue weighted by atomic mass is 10.0. The molecule has 1 aromatic carbocycles. The summed E-state index contributed by atoms with van der Waals surface area (Å²) in [6, 6.07) is 7.25. The maximum absolute atomic E-state index is 11.2. The van der Waals surface area contributed by atoms with Crippen molar-refractivity contribution >= 4 is 22.7 Å². The van der Waals surface area contributed by atoms with Crippen LogP contribution in [-0.4, -0.2) is 59.8 Å². The van der Waals surface area contributed by atoms with Crippen LogP contribution in [0.2, 0.25) is 0 Å². The molecular formula is C17H24N4O2. The van der Waals surface area contributed by atoms with Crippen LogP contribution in [-0.2, 0) is 18.3 Å². The Kier molecular flexibility index (Phi) is 4.28. The third kappa shape index (κ3) is 2.92. The largest absolute Gasteiger partial charge is 0.480 e. The fourth-order valence-electron chi connectivity index (χ4n) is 3.39. The van der Waals surface area contributed by atoms with Crippen LogP contribution in [0.3, 0.4) is 0 Å². The summed E-state index contributed by atoms with van der Waals surface area (Å²) in [4.78, 5) is 15.9. The molecule has 1 aliphatic heterocycles. The predicted octanol–water partition coefficient (Wildman–Crippen LogP) is 0.885. The molecule has 23 heavy (non-hydrogen) atoms. The second kappa shape index (κ2) is 6.22. The topological polar surface area (TPSA) is 74.7 Å². The van der Waals surface area contributed by atoms with Crippen LogP contribution in [0.1, 0.15) is 5.56 Å². The number of anilines is 1. The van der Waals surface area contributed by atoms with Crippen molar-refractivity contribution in [2.75, 3.05) is 38.1 Å². The third-order valence-electron chi connectivity index (χ3n) is 4.72. The zero-order chi connectivity index (χ0) is 16.6. The number of carbonyl (C=O) groups is 1. The van der Waals surface area contributed by atoms with Crippen LogP contribution in [0, 0.1) is 0 Å². The first-order chi connectivity index (χ1) is 11.0. The number of fused-ring (bicyclic) bond motifs is 1. The van der Waals surface area contributed by atoms with Crippen molar-refractivity contribution in [3.8, 4) is 0 Å². The van der Waals surface area contributed by atoms with Crippen molar-refractivity contribution in [1.82, 2.24) is 9.47 Å². The molecule has 0 aliphatic carbocycles. The highest BCUT2D eigenvalue weighted by Gasteiger charge is 2.25. The number of piperazine rings is 1. The fourth-order valence-corrected chi connectivity index (χ4v) is 3.39. The van der Waals surface area contributed by atoms with Gasteiger partial charge >= 0.3 is 5.97 Å². The molecule has 1 unspecified atom stereocenters. The molecule has 1 aromatic heterocycles. The number of carboxylic acid groups (broad SMARTS) is 1. The van der Waals surface area contributed by atoms with Gasteiger partial charge in [-0.25, -0.2) is 0 Å². The van der Waals surface area contributed by atoms with Crippen LogP contribution in [0.15, 0.2) is 24.3 Å². The van der Waals surface area contributed by atoms with Gasteiger partial charge in [0.25, 0.3) is 0 Å². The Labute approximate surface area is 136 Å². The Morgan fingerprint density at radius 1 is 1.22 bits per heavy atom. The summed E-state index contributed by atoms with van der Waals surface area (Å²) >= 11 is 0. The van der Waals surface area contributed by atoms with E-state index in [0.717, 1.165) is 48.5 Å². The molecule has 2 heterocycles. The van der Waals surface area contributed by atoms with E-state index in [-0.39, 0.29) is 0 Å². The highest BCUT2D eigenvalue weighted by Crippen LogP contribution is 2.33. The average molecular weight is 316 g/mol. The van der Waals surface area contributed by atoms with Crippen molar-refractivity contribution < 1.29 is 9.90 Å². The van der Waals surface area contributed by atoms with Crippen LogP contribution in [0.5, 0.6) is 0 Å². The van der Waals surface area contributed by atoms with Gasteiger partial charge in [0.1, 0.15) is 11.9 Å². The average Bonchev–Trinajstić information content (AvgIpc) is 2.81. The molecule has 6 nitrogen and oxygen atoms in total. The number of likely N-dealkylation sites (N-methyl/N-ethyl adjacent to an activating group) is 1. The van der Waals surface area contributed by atoms with Gasteiger partial charge in [-0.1, -0.05) is 18.2 Å². The first kappa shape index (κ1) is 15.8. The molecular weight excluding hydrogens is 292 g/mol. The number of hydrogen-bond acceptors (Lipinski definition) is 4. The summed E-state index contributed by atoms with van der Waals surface area (Å²) < 4.78 is 2.17. The highest BCUT2D eigenvalue weighted by atomic mass is 16.4. The third-order valence-corrected chi connectivity index (χ3v) is 4.72. The molecule has 1 atom stereocenters. The van der Waals surface area contributed by atoms with Crippen molar-refractivity contribution in [2.24, 2.45) is 12.8 Å². The zero-order valence-electron chi connectivity index (χ0n) is 13.7. The lowest BCUT2D eigenvalue weighted by Gasteiger charge is -2.35. The molecule has 0 amide bonds. The molecule has 1 aliphatic rings. The van der Waals surface area contributed by atoms with Gasteiger partial charge < -0.3 is 25.2 Å². The van der Waals surface area contributed by atoms with E-state index in [1.165, 1.54) is 0 Å². The minimum atomic E-state index is -0.956. The van der Waals surface area contributed by atoms with Gasteiger partial charge in [0.15, 0.2) is 0 Å². The van der Waals surface area contributed by atoms with Gasteiger partial charge in [-0.15, -0.1) is 0 Å². The quantitative estimate of drug-likeness (QED) is 0.876. The Bertz CT molecular complexity index is 717. The molecule has 6 heteroatoms. The molecule has 0 spiro atoms. The van der Waals surface area contributed by atoms with Crippen LogP contribution in [0.25, 0.3) is 10.9 Å². The summed E-state index contributed by atoms with van der Waals surface area (Å²) in [5, 5.41) is 10.3. The summed E-state index contributed by atoms with van der Waals surface area (Å²) in [6.45, 7) is 3.89. The molecule has 3 N–H and O–H groups in total. The number of hydrogen-bond donors (Lipinski definition) is 2. The lowest BCUT2D eigenvalue weighted by Crippen LogP contribution is -2.45. The van der Waals surface area contributed by atoms with Crippen LogP contribution in [0.4, 0.5) is 5.82 Å². The van der Waals surface area contributed by atoms with Crippen molar-refractivity contribution in [2.45, 2.75) is 12.5 Å². The molecule has 124 valence electrons. The van der Waals surface area contributed by atoms with E-state index >= 15 is 0 Å². The van der Waals surface area contributed by atoms with Crippen LogP contribution < -0.4 is 10.6 Å². The SMILES string of the molecule is CN1CCN(c2c(CC(N)C(=O)O)c3ccccc3n2C)CC1. The van der Waals surface area contributed by atoms with Gasteiger partial charge in [-0.2, -0.15) is 0 Å². The van der Waals surface area contributed by atoms with Crippen molar-refractivity contribution in [1.29, 1.82) is 0 Å². The van der Waals surface area contributed by atoms with E-state index in [4.69, 9.17) is 5.73 Å². The monoisotopic (exact) mass is 316 g/mol. The minimum Gasteiger partial charge on any atom is -0.480 e. The van der Waals surface area contributed by atoms with E-state index in [1.807, 2.05) is 19.2 Å². The number of aliphatic carboxylic acids is 1. The van der Waals surface area contributed by atoms with E-state index in [2.05, 4.69) is 33.5 Å². The van der Waals surface area contributed by atoms with Gasteiger partial charge in [-0.3, -0.25) is 4.79 Å². The number of aromatic nitrogens is 1. The lowest BCUT2D eigenvalue weighted by molar-refractivity contribution is -0.138. The van der Waals surface area contributed by atoms with Crippen molar-refractivity contribution in [3.63, 3.8) is 0 Å². The number of rotatable bonds is 4. The summed E-state index contributed by atoms with van der Waals surface area (Å²) in [7, 11) is 4.17. The number of para-hydroxylation sites is 1. The first-order valence-electron chi connectivity index (χ1n) is 7.97. The highest BCUT2D eigenvalue weighted by molar-refractivity contribution is 5.91. The maximum atomic E-state index is 11.2. The van der Waals surface area contributed by atoms with Crippen LogP contribution >= 0.6 is 0 Å². The van der Waals surface area contributed by atoms with Gasteiger partial charge in [0, 0.05) is 56.1 Å². The summed E-state index contributed by atoms with van der Waals surface area (Å²) in [5.74, 6) is 0.151. The standard InChI is InChI=1S/C17H24N4O2/c1-19-7-9-21(10-8-19)16-13(11-14(18)17(22)23)12-5-3-4-6-15(12)20(16)2/h3-6,14H,7-11,18H2,1-2H3,(H,22,23). The Morgan fingerprint density at radius 3 is 2.52 bits per heavy atom. The number of nitrogens with two attached hydrogens (primary N) is 1. The number of benzene rings is 1. The van der Waals surface area contributed by atoms with E-state index in [9.17, 15) is 9.90 Å². The molecule has 3 rings (SSSR count). The Morgan fingerprint density at radius 2 is 1.87 bits per heavy atom. The normalized spacial score (nSPS) is 17.6. The van der Waals surface area contributed by atoms with E-state index < -0.39 is 12.0 Å². The van der Waals surface area contributed by atoms with E-state index in [1.54, 1.807) is 0 Å². The summed E-state index contributed by atoms with van der Waals surface area (Å²) in [5.41, 5.74) is 8.00. The number of carboxylic acids is 1. The number of nitrogens with zero attached hydrogens (tertiary/aromatic N) is 3. The number of aryl methyl sites for hydroxylation is 1. The Hall–Kier alpha value is -2.05. The second-order valence-corrected chi connectivity index (χ2v) is 6.32. The van der Waals surface area contributed by atoms with Gasteiger partial charge in [-0.05, 0) is 13.1 Å². The molecule has 0 bridgehead atoms. The van der Waals surface area contributed by atoms with E-state index in [0.29, 0.717) is 6.42 Å². The zero-order valence-corrected chi connectivity index (χ0v) is 13.7. The van der Waals surface area contributed by atoms with Crippen molar-refractivity contribution in [3.05, 3.63) is 29.8 Å². The molecule has 1 fully saturated rings. The molecule has 2 aromatic rings. The predicted molar refractivity (Wildman–Crippen MR) is 91.9 cm³/mol. The van der Waals surface area contributed by atoms with Gasteiger partial charge in [0.2, 0.25) is 0 Å². The molecule has 0 saturated carbocycles. The van der Waals surface area contributed by atoms with Gasteiger partial charge in [0.05, 0.1) is 0 Å².